The molecule has 4 atom stereocenters. The highest BCUT2D eigenvalue weighted by Gasteiger charge is 2.28. The van der Waals surface area contributed by atoms with E-state index in [9.17, 15) is 19.2 Å². The van der Waals surface area contributed by atoms with Crippen molar-refractivity contribution in [3.05, 3.63) is 71.9 Å². The van der Waals surface area contributed by atoms with Crippen LogP contribution in [-0.4, -0.2) is 59.8 Å². The molecular formula is C32H42N6O4. The Morgan fingerprint density at radius 1 is 0.786 bits per heavy atom. The number of carbonyl (C=O) groups is 4. The van der Waals surface area contributed by atoms with E-state index in [0.717, 1.165) is 28.5 Å². The van der Waals surface area contributed by atoms with E-state index in [4.69, 9.17) is 5.73 Å². The fraction of sp³-hybridized carbons (Fsp3) is 0.438. The van der Waals surface area contributed by atoms with Crippen molar-refractivity contribution in [2.24, 2.45) is 11.7 Å². The standard InChI is InChI=1S/C32H42N6O4/c1-21-19-35-29(39)17-24(15-22-9-3-2-4-10-22)36-30(40)18-25(16-23-20-34-27-12-6-5-11-26(23)27)37-32(42)28(38-31(21)41)13-7-8-14-33/h2-6,9-12,20-21,24-25,28,34H,7-8,13-19,33H2,1H3,(H,35,39)(H,36,40)(H,37,42)(H,38,41)/t21-,24-,25-,28-/m0/s1. The third-order valence-corrected chi connectivity index (χ3v) is 7.67. The summed E-state index contributed by atoms with van der Waals surface area (Å²) in [7, 11) is 0. The summed E-state index contributed by atoms with van der Waals surface area (Å²) >= 11 is 0. The minimum absolute atomic E-state index is 0.0119. The van der Waals surface area contributed by atoms with E-state index < -0.39 is 24.0 Å². The van der Waals surface area contributed by atoms with Crippen molar-refractivity contribution >= 4 is 34.5 Å². The highest BCUT2D eigenvalue weighted by molar-refractivity contribution is 5.90. The van der Waals surface area contributed by atoms with Gasteiger partial charge in [-0.2, -0.15) is 0 Å². The van der Waals surface area contributed by atoms with Crippen LogP contribution in [0.25, 0.3) is 10.9 Å². The number of aromatic nitrogens is 1. The monoisotopic (exact) mass is 574 g/mol. The average molecular weight is 575 g/mol. The van der Waals surface area contributed by atoms with Crippen LogP contribution >= 0.6 is 0 Å². The van der Waals surface area contributed by atoms with E-state index in [1.807, 2.05) is 60.8 Å². The predicted octanol–water partition coefficient (Wildman–Crippen LogP) is 2.08. The molecule has 4 rings (SSSR count). The van der Waals surface area contributed by atoms with Gasteiger partial charge in [0.2, 0.25) is 23.6 Å². The molecule has 1 fully saturated rings. The van der Waals surface area contributed by atoms with Crippen molar-refractivity contribution in [1.82, 2.24) is 26.3 Å². The first-order chi connectivity index (χ1) is 20.3. The number of hydrogen-bond acceptors (Lipinski definition) is 5. The van der Waals surface area contributed by atoms with Crippen molar-refractivity contribution in [2.45, 2.75) is 70.0 Å². The SMILES string of the molecule is C[C@H]1CNC(=O)C[C@H](Cc2ccccc2)NC(=O)C[C@H](Cc2c[nH]c3ccccc23)NC(=O)[C@H](CCCCN)NC1=O. The van der Waals surface area contributed by atoms with Crippen molar-refractivity contribution in [2.75, 3.05) is 13.1 Å². The van der Waals surface area contributed by atoms with Gasteiger partial charge in [0.05, 0.1) is 5.92 Å². The van der Waals surface area contributed by atoms with Gasteiger partial charge in [0.15, 0.2) is 0 Å². The second-order valence-corrected chi connectivity index (χ2v) is 11.2. The molecule has 7 N–H and O–H groups in total. The fourth-order valence-corrected chi connectivity index (χ4v) is 5.36. The Labute approximate surface area is 246 Å². The van der Waals surface area contributed by atoms with Gasteiger partial charge in [-0.1, -0.05) is 55.5 Å². The maximum atomic E-state index is 13.6. The van der Waals surface area contributed by atoms with Gasteiger partial charge in [0.1, 0.15) is 6.04 Å². The molecule has 0 spiro atoms. The molecule has 1 aliphatic heterocycles. The van der Waals surface area contributed by atoms with Crippen LogP contribution in [0, 0.1) is 5.92 Å². The predicted molar refractivity (Wildman–Crippen MR) is 162 cm³/mol. The molecule has 2 aromatic carbocycles. The van der Waals surface area contributed by atoms with E-state index in [-0.39, 0.29) is 43.0 Å². The quantitative estimate of drug-likeness (QED) is 0.227. The first-order valence-electron chi connectivity index (χ1n) is 14.8. The number of rotatable bonds is 8. The number of hydrogen-bond donors (Lipinski definition) is 6. The zero-order valence-corrected chi connectivity index (χ0v) is 24.2. The van der Waals surface area contributed by atoms with E-state index in [2.05, 4.69) is 26.3 Å². The molecule has 0 aliphatic carbocycles. The zero-order valence-electron chi connectivity index (χ0n) is 24.2. The van der Waals surface area contributed by atoms with Gasteiger partial charge >= 0.3 is 0 Å². The smallest absolute Gasteiger partial charge is 0.242 e. The molecule has 10 nitrogen and oxygen atoms in total. The number of H-pyrrole nitrogens is 1. The third-order valence-electron chi connectivity index (χ3n) is 7.67. The summed E-state index contributed by atoms with van der Waals surface area (Å²) < 4.78 is 0. The maximum Gasteiger partial charge on any atom is 0.242 e. The van der Waals surface area contributed by atoms with Crippen LogP contribution in [-0.2, 0) is 32.0 Å². The van der Waals surface area contributed by atoms with Crippen LogP contribution in [0.3, 0.4) is 0 Å². The lowest BCUT2D eigenvalue weighted by Crippen LogP contribution is -2.52. The number of para-hydroxylation sites is 1. The number of nitrogens with one attached hydrogen (secondary N) is 5. The minimum atomic E-state index is -0.785. The molecule has 2 heterocycles. The Hall–Kier alpha value is -4.18. The third kappa shape index (κ3) is 8.91. The zero-order chi connectivity index (χ0) is 29.9. The molecule has 0 saturated carbocycles. The summed E-state index contributed by atoms with van der Waals surface area (Å²) in [6.45, 7) is 2.32. The molecule has 1 saturated heterocycles. The first-order valence-corrected chi connectivity index (χ1v) is 14.8. The molecule has 224 valence electrons. The Morgan fingerprint density at radius 2 is 1.50 bits per heavy atom. The number of nitrogens with two attached hydrogens (primary N) is 1. The molecule has 1 aromatic heterocycles. The topological polar surface area (TPSA) is 158 Å². The Kier molecular flexibility index (Phi) is 11.1. The van der Waals surface area contributed by atoms with Crippen LogP contribution in [0.5, 0.6) is 0 Å². The number of aromatic amines is 1. The van der Waals surface area contributed by atoms with E-state index in [1.165, 1.54) is 0 Å². The van der Waals surface area contributed by atoms with Gasteiger partial charge in [0.25, 0.3) is 0 Å². The average Bonchev–Trinajstić information content (AvgIpc) is 3.37. The fourth-order valence-electron chi connectivity index (χ4n) is 5.36. The summed E-state index contributed by atoms with van der Waals surface area (Å²) in [5, 5.41) is 12.8. The lowest BCUT2D eigenvalue weighted by molar-refractivity contribution is -0.132. The molecular weight excluding hydrogens is 532 g/mol. The number of fused-ring (bicyclic) bond motifs is 1. The van der Waals surface area contributed by atoms with Crippen LogP contribution in [0.4, 0.5) is 0 Å². The maximum absolute atomic E-state index is 13.6. The molecule has 3 aromatic rings. The molecule has 1 aliphatic rings. The van der Waals surface area contributed by atoms with Crippen molar-refractivity contribution in [3.63, 3.8) is 0 Å². The lowest BCUT2D eigenvalue weighted by Gasteiger charge is -2.25. The van der Waals surface area contributed by atoms with Crippen molar-refractivity contribution in [1.29, 1.82) is 0 Å². The second-order valence-electron chi connectivity index (χ2n) is 11.2. The van der Waals surface area contributed by atoms with Gasteiger partial charge in [-0.05, 0) is 55.8 Å². The summed E-state index contributed by atoms with van der Waals surface area (Å²) in [5.41, 5.74) is 8.60. The van der Waals surface area contributed by atoms with Crippen molar-refractivity contribution in [3.8, 4) is 0 Å². The molecule has 0 unspecified atom stereocenters. The van der Waals surface area contributed by atoms with E-state index >= 15 is 0 Å². The van der Waals surface area contributed by atoms with Gasteiger partial charge in [0, 0.05) is 48.6 Å². The first kappa shape index (κ1) is 30.8. The normalized spacial score (nSPS) is 22.8. The van der Waals surface area contributed by atoms with E-state index in [1.54, 1.807) is 6.92 Å². The minimum Gasteiger partial charge on any atom is -0.361 e. The highest BCUT2D eigenvalue weighted by Crippen LogP contribution is 2.20. The van der Waals surface area contributed by atoms with Crippen molar-refractivity contribution < 1.29 is 19.2 Å². The van der Waals surface area contributed by atoms with Gasteiger partial charge in [-0.15, -0.1) is 0 Å². The van der Waals surface area contributed by atoms with E-state index in [0.29, 0.717) is 32.2 Å². The Morgan fingerprint density at radius 3 is 2.29 bits per heavy atom. The summed E-state index contributed by atoms with van der Waals surface area (Å²) in [4.78, 5) is 56.3. The number of carbonyl (C=O) groups excluding carboxylic acids is 4. The second kappa shape index (κ2) is 15.2. The summed E-state index contributed by atoms with van der Waals surface area (Å²) in [6, 6.07) is 15.7. The largest absolute Gasteiger partial charge is 0.361 e. The summed E-state index contributed by atoms with van der Waals surface area (Å²) in [6.07, 6.45) is 4.65. The van der Waals surface area contributed by atoms with Gasteiger partial charge in [-0.25, -0.2) is 0 Å². The summed E-state index contributed by atoms with van der Waals surface area (Å²) in [5.74, 6) is -1.73. The molecule has 0 bridgehead atoms. The van der Waals surface area contributed by atoms with Crippen LogP contribution in [0.1, 0.15) is 50.2 Å². The van der Waals surface area contributed by atoms with Crippen LogP contribution in [0.2, 0.25) is 0 Å². The Balaban J connectivity index is 1.61. The van der Waals surface area contributed by atoms with Crippen LogP contribution in [0.15, 0.2) is 60.8 Å². The lowest BCUT2D eigenvalue weighted by atomic mass is 9.99. The number of benzene rings is 2. The number of amides is 4. The van der Waals surface area contributed by atoms with Gasteiger partial charge < -0.3 is 32.0 Å². The molecule has 10 heteroatoms. The number of unbranched alkanes of at least 4 members (excludes halogenated alkanes) is 1. The van der Waals surface area contributed by atoms with Crippen LogP contribution < -0.4 is 27.0 Å². The molecule has 42 heavy (non-hydrogen) atoms. The highest BCUT2D eigenvalue weighted by atomic mass is 16.2. The molecule has 4 amide bonds. The Bertz CT molecular complexity index is 1360. The van der Waals surface area contributed by atoms with Gasteiger partial charge in [-0.3, -0.25) is 19.2 Å². The molecule has 0 radical (unpaired) electrons.